The predicted molar refractivity (Wildman–Crippen MR) is 91.0 cm³/mol. The van der Waals surface area contributed by atoms with Crippen LogP contribution in [-0.4, -0.2) is 0 Å². The first-order valence-corrected chi connectivity index (χ1v) is 9.19. The van der Waals surface area contributed by atoms with E-state index in [2.05, 4.69) is 50.9 Å². The lowest BCUT2D eigenvalue weighted by Crippen LogP contribution is -2.04. The molecule has 2 rings (SSSR count). The molecule has 0 bridgehead atoms. The number of hydrogen-bond acceptors (Lipinski definition) is 0. The van der Waals surface area contributed by atoms with Gasteiger partial charge in [-0.3, -0.25) is 0 Å². The van der Waals surface area contributed by atoms with Gasteiger partial charge in [0, 0.05) is 8.95 Å². The van der Waals surface area contributed by atoms with Gasteiger partial charge in [-0.2, -0.15) is 0 Å². The fourth-order valence-electron chi connectivity index (χ4n) is 2.92. The summed E-state index contributed by atoms with van der Waals surface area (Å²) in [7, 11) is 0. The third kappa shape index (κ3) is 4.47. The highest BCUT2D eigenvalue weighted by molar-refractivity contribution is 9.11. The van der Waals surface area contributed by atoms with Crippen molar-refractivity contribution in [1.82, 2.24) is 0 Å². The van der Waals surface area contributed by atoms with Gasteiger partial charge in [0.1, 0.15) is 0 Å². The van der Waals surface area contributed by atoms with Gasteiger partial charge in [-0.05, 0) is 42.5 Å². The summed E-state index contributed by atoms with van der Waals surface area (Å²) in [5, 5.41) is 0.120. The summed E-state index contributed by atoms with van der Waals surface area (Å²) in [6.07, 6.45) is 9.39. The van der Waals surface area contributed by atoms with E-state index in [1.165, 1.54) is 49.7 Å². The number of benzene rings is 1. The zero-order valence-corrected chi connectivity index (χ0v) is 15.3. The normalized spacial score (nSPS) is 19.2. The molecule has 106 valence electrons. The van der Waals surface area contributed by atoms with Crippen LogP contribution in [0.15, 0.2) is 21.1 Å². The summed E-state index contributed by atoms with van der Waals surface area (Å²) in [5.41, 5.74) is 2.47. The average molecular weight is 409 g/mol. The van der Waals surface area contributed by atoms with Crippen LogP contribution in [0.1, 0.15) is 61.4 Å². The van der Waals surface area contributed by atoms with Crippen LogP contribution in [0.3, 0.4) is 0 Å². The summed E-state index contributed by atoms with van der Waals surface area (Å²) in [4.78, 5) is 0. The van der Waals surface area contributed by atoms with Gasteiger partial charge in [0.25, 0.3) is 0 Å². The molecule has 1 aliphatic rings. The largest absolute Gasteiger partial charge is 0.118 e. The van der Waals surface area contributed by atoms with Gasteiger partial charge in [-0.1, -0.05) is 70.4 Å². The fraction of sp³-hybridized carbons (Fsp3) is 0.625. The molecule has 1 fully saturated rings. The molecule has 0 spiro atoms. The zero-order chi connectivity index (χ0) is 13.8. The van der Waals surface area contributed by atoms with Crippen LogP contribution in [0.2, 0.25) is 0 Å². The molecule has 1 aromatic rings. The second-order valence-electron chi connectivity index (χ2n) is 5.68. The summed E-state index contributed by atoms with van der Waals surface area (Å²) in [5.74, 6) is 0.803. The van der Waals surface area contributed by atoms with Crippen molar-refractivity contribution < 1.29 is 0 Å². The fourth-order valence-corrected chi connectivity index (χ4v) is 4.58. The van der Waals surface area contributed by atoms with Crippen molar-refractivity contribution in [2.45, 2.75) is 57.2 Å². The van der Waals surface area contributed by atoms with Crippen molar-refractivity contribution in [3.63, 3.8) is 0 Å². The first-order valence-electron chi connectivity index (χ1n) is 7.17. The van der Waals surface area contributed by atoms with Crippen molar-refractivity contribution in [1.29, 1.82) is 0 Å². The van der Waals surface area contributed by atoms with Crippen molar-refractivity contribution in [2.75, 3.05) is 0 Å². The average Bonchev–Trinajstić information content (AvgIpc) is 2.62. The van der Waals surface area contributed by atoms with E-state index >= 15 is 0 Å². The topological polar surface area (TPSA) is 0 Å². The van der Waals surface area contributed by atoms with Gasteiger partial charge in [0.15, 0.2) is 0 Å². The third-order valence-electron chi connectivity index (χ3n) is 4.13. The Labute approximate surface area is 138 Å². The molecule has 19 heavy (non-hydrogen) atoms. The molecule has 1 saturated carbocycles. The SMILES string of the molecule is Cc1cc(Br)c(C(Cl)CC2CCCCCC2)cc1Br. The minimum Gasteiger partial charge on any atom is -0.118 e. The highest BCUT2D eigenvalue weighted by Crippen LogP contribution is 2.39. The van der Waals surface area contributed by atoms with Crippen molar-refractivity contribution >= 4 is 43.5 Å². The smallest absolute Gasteiger partial charge is 0.0599 e. The Hall–Kier alpha value is 0.470. The van der Waals surface area contributed by atoms with Crippen LogP contribution >= 0.6 is 43.5 Å². The van der Waals surface area contributed by atoms with Crippen molar-refractivity contribution in [2.24, 2.45) is 5.92 Å². The van der Waals surface area contributed by atoms with Gasteiger partial charge in [0.2, 0.25) is 0 Å². The van der Waals surface area contributed by atoms with Crippen LogP contribution in [-0.2, 0) is 0 Å². The quantitative estimate of drug-likeness (QED) is 0.368. The summed E-state index contributed by atoms with van der Waals surface area (Å²) >= 11 is 13.9. The monoisotopic (exact) mass is 406 g/mol. The van der Waals surface area contributed by atoms with Crippen molar-refractivity contribution in [3.8, 4) is 0 Å². The lowest BCUT2D eigenvalue weighted by Gasteiger charge is -2.19. The van der Waals surface area contributed by atoms with Crippen LogP contribution in [0.5, 0.6) is 0 Å². The number of alkyl halides is 1. The standard InChI is InChI=1S/C16H21Br2Cl/c1-11-8-15(18)13(10-14(11)17)16(19)9-12-6-4-2-3-5-7-12/h8,10,12,16H,2-7,9H2,1H3. The summed E-state index contributed by atoms with van der Waals surface area (Å²) in [6.45, 7) is 2.10. The molecule has 1 aliphatic carbocycles. The molecule has 1 atom stereocenters. The Bertz CT molecular complexity index is 423. The Balaban J connectivity index is 2.06. The predicted octanol–water partition coefficient (Wildman–Crippen LogP) is 7.16. The molecule has 0 amide bonds. The van der Waals surface area contributed by atoms with Crippen molar-refractivity contribution in [3.05, 3.63) is 32.2 Å². The second-order valence-corrected chi connectivity index (χ2v) is 7.92. The molecular formula is C16H21Br2Cl. The van der Waals surface area contributed by atoms with E-state index in [9.17, 15) is 0 Å². The van der Waals surface area contributed by atoms with E-state index in [1.807, 2.05) is 0 Å². The highest BCUT2D eigenvalue weighted by atomic mass is 79.9. The molecule has 0 heterocycles. The molecule has 3 heteroatoms. The molecule has 0 radical (unpaired) electrons. The maximum atomic E-state index is 6.67. The minimum atomic E-state index is 0.120. The summed E-state index contributed by atoms with van der Waals surface area (Å²) < 4.78 is 2.29. The van der Waals surface area contributed by atoms with E-state index in [0.29, 0.717) is 0 Å². The van der Waals surface area contributed by atoms with Gasteiger partial charge < -0.3 is 0 Å². The Kier molecular flexibility index (Phi) is 6.23. The molecule has 1 unspecified atom stereocenters. The third-order valence-corrected chi connectivity index (χ3v) is 6.08. The molecule has 0 nitrogen and oxygen atoms in total. The molecular weight excluding hydrogens is 387 g/mol. The van der Waals surface area contributed by atoms with Gasteiger partial charge in [-0.25, -0.2) is 0 Å². The minimum absolute atomic E-state index is 0.120. The Morgan fingerprint density at radius 2 is 1.74 bits per heavy atom. The molecule has 0 saturated heterocycles. The maximum absolute atomic E-state index is 6.67. The first kappa shape index (κ1) is 15.9. The maximum Gasteiger partial charge on any atom is 0.0599 e. The molecule has 0 aromatic heterocycles. The van der Waals surface area contributed by atoms with Crippen LogP contribution in [0.25, 0.3) is 0 Å². The van der Waals surface area contributed by atoms with E-state index in [1.54, 1.807) is 0 Å². The lowest BCUT2D eigenvalue weighted by molar-refractivity contribution is 0.422. The number of aryl methyl sites for hydroxylation is 1. The summed E-state index contributed by atoms with van der Waals surface area (Å²) in [6, 6.07) is 4.33. The Morgan fingerprint density at radius 1 is 1.11 bits per heavy atom. The first-order chi connectivity index (χ1) is 9.08. The van der Waals surface area contributed by atoms with E-state index < -0.39 is 0 Å². The molecule has 1 aromatic carbocycles. The van der Waals surface area contributed by atoms with E-state index in [4.69, 9.17) is 11.6 Å². The second kappa shape index (κ2) is 7.47. The number of halogens is 3. The molecule has 0 N–H and O–H groups in total. The van der Waals surface area contributed by atoms with Gasteiger partial charge >= 0.3 is 0 Å². The number of hydrogen-bond donors (Lipinski definition) is 0. The van der Waals surface area contributed by atoms with Crippen LogP contribution < -0.4 is 0 Å². The van der Waals surface area contributed by atoms with Crippen LogP contribution in [0, 0.1) is 12.8 Å². The van der Waals surface area contributed by atoms with E-state index in [-0.39, 0.29) is 5.38 Å². The highest BCUT2D eigenvalue weighted by Gasteiger charge is 2.20. The van der Waals surface area contributed by atoms with Gasteiger partial charge in [0.05, 0.1) is 5.38 Å². The van der Waals surface area contributed by atoms with E-state index in [0.717, 1.165) is 21.3 Å². The number of rotatable bonds is 3. The van der Waals surface area contributed by atoms with Gasteiger partial charge in [-0.15, -0.1) is 11.6 Å². The Morgan fingerprint density at radius 3 is 2.37 bits per heavy atom. The zero-order valence-electron chi connectivity index (χ0n) is 11.4. The molecule has 0 aliphatic heterocycles. The lowest BCUT2D eigenvalue weighted by atomic mass is 9.92. The van der Waals surface area contributed by atoms with Crippen LogP contribution in [0.4, 0.5) is 0 Å².